The molecule has 0 spiro atoms. The van der Waals surface area contributed by atoms with Gasteiger partial charge in [0.2, 0.25) is 0 Å². The summed E-state index contributed by atoms with van der Waals surface area (Å²) in [6, 6.07) is 16.4. The first-order valence-corrected chi connectivity index (χ1v) is 9.96. The molecule has 5 nitrogen and oxygen atoms in total. The van der Waals surface area contributed by atoms with Crippen molar-refractivity contribution in [1.82, 2.24) is 15.1 Å². The molecule has 2 aromatic rings. The van der Waals surface area contributed by atoms with Crippen molar-refractivity contribution in [3.63, 3.8) is 0 Å². The van der Waals surface area contributed by atoms with Crippen LogP contribution < -0.4 is 5.32 Å². The minimum Gasteiger partial charge on any atom is -0.341 e. The predicted octanol–water partition coefficient (Wildman–Crippen LogP) is 4.21. The van der Waals surface area contributed by atoms with Gasteiger partial charge in [0.25, 0.3) is 5.91 Å². The van der Waals surface area contributed by atoms with E-state index in [9.17, 15) is 9.59 Å². The standard InChI is InChI=1S/C22H26ClN3O2/c1-4-5-11-19-25(3)20(27)22(26(19)21(28)24-2,16-9-7-6-8-10-16)17-12-14-18(23)15-13-17/h6-10,12-15,19H,4-5,11H2,1-3H3,(H,24,28)/t19-,22-/m0/s1. The topological polar surface area (TPSA) is 52.7 Å². The van der Waals surface area contributed by atoms with E-state index in [4.69, 9.17) is 11.6 Å². The number of urea groups is 1. The monoisotopic (exact) mass is 399 g/mol. The van der Waals surface area contributed by atoms with Gasteiger partial charge in [0.15, 0.2) is 5.54 Å². The van der Waals surface area contributed by atoms with Crippen molar-refractivity contribution in [3.05, 3.63) is 70.7 Å². The molecular formula is C22H26ClN3O2. The van der Waals surface area contributed by atoms with Gasteiger partial charge >= 0.3 is 6.03 Å². The first-order valence-electron chi connectivity index (χ1n) is 9.58. The van der Waals surface area contributed by atoms with Crippen LogP contribution in [0.15, 0.2) is 54.6 Å². The summed E-state index contributed by atoms with van der Waals surface area (Å²) in [5.74, 6) is -0.120. The Morgan fingerprint density at radius 3 is 2.29 bits per heavy atom. The number of nitrogens with one attached hydrogen (secondary N) is 1. The van der Waals surface area contributed by atoms with Gasteiger partial charge in [-0.15, -0.1) is 0 Å². The van der Waals surface area contributed by atoms with Gasteiger partial charge in [-0.3, -0.25) is 9.69 Å². The van der Waals surface area contributed by atoms with E-state index in [-0.39, 0.29) is 18.1 Å². The average Bonchev–Trinajstić information content (AvgIpc) is 2.95. The summed E-state index contributed by atoms with van der Waals surface area (Å²) in [6.45, 7) is 2.10. The van der Waals surface area contributed by atoms with Gasteiger partial charge in [0.05, 0.1) is 0 Å². The Bertz CT molecular complexity index is 841. The number of hydrogen-bond donors (Lipinski definition) is 1. The summed E-state index contributed by atoms with van der Waals surface area (Å²) in [4.78, 5) is 30.3. The fourth-order valence-corrected chi connectivity index (χ4v) is 4.20. The van der Waals surface area contributed by atoms with Crippen LogP contribution in [0.1, 0.15) is 37.3 Å². The summed E-state index contributed by atoms with van der Waals surface area (Å²) in [7, 11) is 3.37. The molecule has 0 bridgehead atoms. The van der Waals surface area contributed by atoms with Gasteiger partial charge in [0.1, 0.15) is 6.17 Å². The summed E-state index contributed by atoms with van der Waals surface area (Å²) in [5.41, 5.74) is 0.248. The van der Waals surface area contributed by atoms with Gasteiger partial charge in [-0.25, -0.2) is 4.79 Å². The molecule has 2 atom stereocenters. The van der Waals surface area contributed by atoms with Gasteiger partial charge < -0.3 is 10.2 Å². The van der Waals surface area contributed by atoms with Crippen LogP contribution in [0.5, 0.6) is 0 Å². The Morgan fingerprint density at radius 1 is 1.11 bits per heavy atom. The van der Waals surface area contributed by atoms with E-state index in [1.807, 2.05) is 42.5 Å². The highest BCUT2D eigenvalue weighted by Crippen LogP contribution is 2.45. The molecule has 1 heterocycles. The largest absolute Gasteiger partial charge is 0.341 e. The Morgan fingerprint density at radius 2 is 1.71 bits per heavy atom. The minimum absolute atomic E-state index is 0.120. The fraction of sp³-hybridized carbons (Fsp3) is 0.364. The lowest BCUT2D eigenvalue weighted by atomic mass is 9.81. The van der Waals surface area contributed by atoms with Gasteiger partial charge in [-0.1, -0.05) is 67.4 Å². The highest BCUT2D eigenvalue weighted by molar-refractivity contribution is 6.30. The zero-order chi connectivity index (χ0) is 20.3. The van der Waals surface area contributed by atoms with Crippen molar-refractivity contribution in [3.8, 4) is 0 Å². The third-order valence-corrected chi connectivity index (χ3v) is 5.69. The van der Waals surface area contributed by atoms with Gasteiger partial charge in [0, 0.05) is 19.1 Å². The van der Waals surface area contributed by atoms with Crippen LogP contribution in [-0.4, -0.2) is 42.0 Å². The summed E-state index contributed by atoms with van der Waals surface area (Å²) in [6.07, 6.45) is 2.29. The van der Waals surface area contributed by atoms with Crippen molar-refractivity contribution >= 4 is 23.5 Å². The number of nitrogens with zero attached hydrogens (tertiary/aromatic N) is 2. The molecule has 1 fully saturated rings. The molecule has 0 saturated carbocycles. The number of halogens is 1. The van der Waals surface area contributed by atoms with Crippen LogP contribution >= 0.6 is 11.6 Å². The molecule has 3 rings (SSSR count). The Hall–Kier alpha value is -2.53. The van der Waals surface area contributed by atoms with Crippen LogP contribution in [-0.2, 0) is 10.3 Å². The Kier molecular flexibility index (Phi) is 5.94. The van der Waals surface area contributed by atoms with Crippen molar-refractivity contribution in [2.24, 2.45) is 0 Å². The summed E-state index contributed by atoms with van der Waals surface area (Å²) >= 11 is 6.11. The number of carbonyl (C=O) groups is 2. The van der Waals surface area contributed by atoms with Crippen LogP contribution in [0.25, 0.3) is 0 Å². The molecule has 0 unspecified atom stereocenters. The quantitative estimate of drug-likeness (QED) is 0.818. The second kappa shape index (κ2) is 8.23. The first kappa shape index (κ1) is 20.2. The van der Waals surface area contributed by atoms with E-state index in [2.05, 4.69) is 12.2 Å². The maximum Gasteiger partial charge on any atom is 0.320 e. The SMILES string of the molecule is CCCC[C@H]1N(C)C(=O)[C@](c2ccccc2)(c2ccc(Cl)cc2)N1C(=O)NC. The number of rotatable bonds is 5. The van der Waals surface area contributed by atoms with E-state index in [0.29, 0.717) is 11.4 Å². The number of unbranched alkanes of at least 4 members (excludes halogenated alkanes) is 1. The van der Waals surface area contributed by atoms with E-state index in [0.717, 1.165) is 24.0 Å². The number of benzene rings is 2. The molecule has 0 radical (unpaired) electrons. The van der Waals surface area contributed by atoms with E-state index in [1.165, 1.54) is 0 Å². The highest BCUT2D eigenvalue weighted by Gasteiger charge is 2.60. The van der Waals surface area contributed by atoms with Crippen LogP contribution in [0.3, 0.4) is 0 Å². The van der Waals surface area contributed by atoms with Crippen LogP contribution in [0, 0.1) is 0 Å². The van der Waals surface area contributed by atoms with Crippen molar-refractivity contribution in [2.75, 3.05) is 14.1 Å². The molecule has 0 aliphatic carbocycles. The molecule has 1 aliphatic heterocycles. The molecule has 6 heteroatoms. The van der Waals surface area contributed by atoms with Gasteiger partial charge in [-0.2, -0.15) is 0 Å². The lowest BCUT2D eigenvalue weighted by molar-refractivity contribution is -0.131. The normalized spacial score (nSPS) is 21.9. The second-order valence-electron chi connectivity index (χ2n) is 7.05. The lowest BCUT2D eigenvalue weighted by Gasteiger charge is -2.38. The molecule has 0 aromatic heterocycles. The minimum atomic E-state index is -1.24. The van der Waals surface area contributed by atoms with Crippen molar-refractivity contribution < 1.29 is 9.59 Å². The molecule has 3 amide bonds. The maximum absolute atomic E-state index is 13.8. The number of likely N-dealkylation sites (N-methyl/N-ethyl adjacent to an activating group) is 1. The number of amides is 3. The third-order valence-electron chi connectivity index (χ3n) is 5.44. The molecule has 28 heavy (non-hydrogen) atoms. The number of carbonyl (C=O) groups excluding carboxylic acids is 2. The zero-order valence-electron chi connectivity index (χ0n) is 16.5. The first-order chi connectivity index (χ1) is 13.5. The molecule has 2 aromatic carbocycles. The van der Waals surface area contributed by atoms with E-state index < -0.39 is 5.54 Å². The highest BCUT2D eigenvalue weighted by atomic mass is 35.5. The van der Waals surface area contributed by atoms with Crippen molar-refractivity contribution in [2.45, 2.75) is 37.9 Å². The van der Waals surface area contributed by atoms with E-state index in [1.54, 1.807) is 36.0 Å². The van der Waals surface area contributed by atoms with Crippen LogP contribution in [0.4, 0.5) is 4.79 Å². The molecule has 1 saturated heterocycles. The lowest BCUT2D eigenvalue weighted by Crippen LogP contribution is -2.54. The van der Waals surface area contributed by atoms with Gasteiger partial charge in [-0.05, 0) is 36.1 Å². The van der Waals surface area contributed by atoms with Crippen LogP contribution in [0.2, 0.25) is 5.02 Å². The fourth-order valence-electron chi connectivity index (χ4n) is 4.07. The third kappa shape index (κ3) is 3.14. The summed E-state index contributed by atoms with van der Waals surface area (Å²) < 4.78 is 0. The smallest absolute Gasteiger partial charge is 0.320 e. The maximum atomic E-state index is 13.8. The second-order valence-corrected chi connectivity index (χ2v) is 7.48. The zero-order valence-corrected chi connectivity index (χ0v) is 17.2. The average molecular weight is 400 g/mol. The molecular weight excluding hydrogens is 374 g/mol. The Balaban J connectivity index is 2.30. The van der Waals surface area contributed by atoms with Crippen molar-refractivity contribution in [1.29, 1.82) is 0 Å². The predicted molar refractivity (Wildman–Crippen MR) is 111 cm³/mol. The summed E-state index contributed by atoms with van der Waals surface area (Å²) in [5, 5.41) is 3.33. The molecule has 148 valence electrons. The number of hydrogen-bond acceptors (Lipinski definition) is 2. The molecule has 1 N–H and O–H groups in total. The Labute approximate surface area is 171 Å². The molecule has 1 aliphatic rings. The van der Waals surface area contributed by atoms with E-state index >= 15 is 0 Å².